The highest BCUT2D eigenvalue weighted by Crippen LogP contribution is 2.45. The molecule has 1 aliphatic rings. The first-order chi connectivity index (χ1) is 7.15. The van der Waals surface area contributed by atoms with E-state index in [1.165, 1.54) is 0 Å². The van der Waals surface area contributed by atoms with Crippen LogP contribution < -0.4 is 4.74 Å². The summed E-state index contributed by atoms with van der Waals surface area (Å²) in [6.45, 7) is 0.373. The second-order valence-corrected chi connectivity index (χ2v) is 4.94. The van der Waals surface area contributed by atoms with Crippen molar-refractivity contribution >= 4 is 27.5 Å². The maximum Gasteiger partial charge on any atom is 0.232 e. The van der Waals surface area contributed by atoms with E-state index in [4.69, 9.17) is 21.6 Å². The maximum absolute atomic E-state index is 8.86. The lowest BCUT2D eigenvalue weighted by atomic mass is 10.1. The summed E-state index contributed by atoms with van der Waals surface area (Å²) in [4.78, 5) is 4.03. The molecule has 0 atom stereocenters. The molecule has 1 aromatic heterocycles. The summed E-state index contributed by atoms with van der Waals surface area (Å²) in [5, 5.41) is 9.31. The number of nitriles is 1. The minimum absolute atomic E-state index is 0.294. The first kappa shape index (κ1) is 10.7. The molecule has 2 rings (SSSR count). The molecule has 0 saturated heterocycles. The average Bonchev–Trinajstić information content (AvgIpc) is 2.97. The molecule has 1 aliphatic carbocycles. The van der Waals surface area contributed by atoms with Gasteiger partial charge in [-0.15, -0.1) is 0 Å². The van der Waals surface area contributed by atoms with Gasteiger partial charge in [0.1, 0.15) is 11.6 Å². The first-order valence-electron chi connectivity index (χ1n) is 4.50. The van der Waals surface area contributed by atoms with Gasteiger partial charge in [-0.1, -0.05) is 11.6 Å². The van der Waals surface area contributed by atoms with Crippen molar-refractivity contribution in [3.63, 3.8) is 0 Å². The topological polar surface area (TPSA) is 45.9 Å². The minimum atomic E-state index is -0.294. The molecule has 1 fully saturated rings. The zero-order valence-electron chi connectivity index (χ0n) is 7.83. The predicted octanol–water partition coefficient (Wildman–Crippen LogP) is 3.18. The van der Waals surface area contributed by atoms with E-state index in [0.717, 1.165) is 17.3 Å². The number of ether oxygens (including phenoxy) is 1. The summed E-state index contributed by atoms with van der Waals surface area (Å²) in [6.07, 6.45) is 3.42. The Kier molecular flexibility index (Phi) is 2.85. The van der Waals surface area contributed by atoms with Crippen LogP contribution in [0.4, 0.5) is 0 Å². The highest BCUT2D eigenvalue weighted by atomic mass is 79.9. The summed E-state index contributed by atoms with van der Waals surface area (Å²) in [6, 6.07) is 3.97. The van der Waals surface area contributed by atoms with Crippen LogP contribution >= 0.6 is 27.5 Å². The quantitative estimate of drug-likeness (QED) is 0.858. The van der Waals surface area contributed by atoms with Crippen molar-refractivity contribution < 1.29 is 4.74 Å². The molecule has 0 bridgehead atoms. The summed E-state index contributed by atoms with van der Waals surface area (Å²) < 4.78 is 6.23. The van der Waals surface area contributed by atoms with E-state index in [1.807, 2.05) is 0 Å². The van der Waals surface area contributed by atoms with Crippen molar-refractivity contribution in [2.45, 2.75) is 12.8 Å². The van der Waals surface area contributed by atoms with Gasteiger partial charge in [-0.25, -0.2) is 4.98 Å². The molecule has 1 aromatic rings. The fourth-order valence-corrected chi connectivity index (χ4v) is 1.84. The molecule has 15 heavy (non-hydrogen) atoms. The number of nitrogens with zero attached hydrogens (tertiary/aromatic N) is 2. The smallest absolute Gasteiger partial charge is 0.232 e. The summed E-state index contributed by atoms with van der Waals surface area (Å²) >= 11 is 9.18. The number of halogens is 2. The monoisotopic (exact) mass is 286 g/mol. The Bertz CT molecular complexity index is 426. The van der Waals surface area contributed by atoms with E-state index in [-0.39, 0.29) is 5.41 Å². The van der Waals surface area contributed by atoms with Crippen LogP contribution in [-0.2, 0) is 0 Å². The number of pyridine rings is 1. The van der Waals surface area contributed by atoms with E-state index in [2.05, 4.69) is 27.0 Å². The number of rotatable bonds is 3. The van der Waals surface area contributed by atoms with Gasteiger partial charge in [-0.3, -0.25) is 0 Å². The van der Waals surface area contributed by atoms with Crippen LogP contribution in [0.3, 0.4) is 0 Å². The molecule has 0 amide bonds. The number of hydrogen-bond donors (Lipinski definition) is 0. The fourth-order valence-electron chi connectivity index (χ4n) is 1.15. The van der Waals surface area contributed by atoms with Crippen LogP contribution in [0.25, 0.3) is 0 Å². The fraction of sp³-hybridized carbons (Fsp3) is 0.400. The Morgan fingerprint density at radius 3 is 2.93 bits per heavy atom. The number of aromatic nitrogens is 1. The molecule has 0 aliphatic heterocycles. The molecular weight excluding hydrogens is 279 g/mol. The van der Waals surface area contributed by atoms with Gasteiger partial charge in [0, 0.05) is 10.7 Å². The van der Waals surface area contributed by atoms with E-state index >= 15 is 0 Å². The van der Waals surface area contributed by atoms with E-state index < -0.39 is 0 Å². The third-order valence-corrected chi connectivity index (χ3v) is 3.05. The molecule has 0 radical (unpaired) electrons. The van der Waals surface area contributed by atoms with Crippen LogP contribution in [0.1, 0.15) is 12.8 Å². The van der Waals surface area contributed by atoms with Crippen LogP contribution in [0.2, 0.25) is 5.02 Å². The minimum Gasteiger partial charge on any atom is -0.475 e. The predicted molar refractivity (Wildman–Crippen MR) is 59.7 cm³/mol. The third kappa shape index (κ3) is 2.42. The summed E-state index contributed by atoms with van der Waals surface area (Å²) in [5.74, 6) is 0.390. The first-order valence-corrected chi connectivity index (χ1v) is 5.67. The standard InChI is InChI=1S/C10H8BrClN2O/c11-7-3-8(12)9(14-4-7)15-6-10(5-13)1-2-10/h3-4H,1-2,6H2. The van der Waals surface area contributed by atoms with E-state index in [9.17, 15) is 0 Å². The average molecular weight is 288 g/mol. The van der Waals surface area contributed by atoms with Gasteiger partial charge in [0.05, 0.1) is 11.5 Å². The molecule has 1 saturated carbocycles. The lowest BCUT2D eigenvalue weighted by Gasteiger charge is -2.09. The van der Waals surface area contributed by atoms with Gasteiger partial charge < -0.3 is 4.74 Å². The van der Waals surface area contributed by atoms with Crippen LogP contribution in [0.5, 0.6) is 5.88 Å². The molecule has 5 heteroatoms. The second-order valence-electron chi connectivity index (χ2n) is 3.62. The largest absolute Gasteiger partial charge is 0.475 e. The van der Waals surface area contributed by atoms with Crippen molar-refractivity contribution in [3.05, 3.63) is 21.8 Å². The van der Waals surface area contributed by atoms with Crippen molar-refractivity contribution in [3.8, 4) is 11.9 Å². The Morgan fingerprint density at radius 1 is 1.67 bits per heavy atom. The maximum atomic E-state index is 8.86. The molecule has 0 N–H and O–H groups in total. The SMILES string of the molecule is N#CC1(COc2ncc(Br)cc2Cl)CC1. The summed E-state index contributed by atoms with van der Waals surface area (Å²) in [7, 11) is 0. The Morgan fingerprint density at radius 2 is 2.40 bits per heavy atom. The van der Waals surface area contributed by atoms with Gasteiger partial charge in [0.15, 0.2) is 0 Å². The van der Waals surface area contributed by atoms with Gasteiger partial charge >= 0.3 is 0 Å². The summed E-state index contributed by atoms with van der Waals surface area (Å²) in [5.41, 5.74) is -0.294. The van der Waals surface area contributed by atoms with Gasteiger partial charge in [0.25, 0.3) is 0 Å². The molecule has 1 heterocycles. The Balaban J connectivity index is 2.03. The zero-order valence-corrected chi connectivity index (χ0v) is 10.2. The van der Waals surface area contributed by atoms with Gasteiger partial charge in [-0.05, 0) is 34.8 Å². The third-order valence-electron chi connectivity index (χ3n) is 2.35. The van der Waals surface area contributed by atoms with Crippen molar-refractivity contribution in [1.82, 2.24) is 4.98 Å². The zero-order chi connectivity index (χ0) is 10.9. The number of hydrogen-bond acceptors (Lipinski definition) is 3. The van der Waals surface area contributed by atoms with Gasteiger partial charge in [0.2, 0.25) is 5.88 Å². The van der Waals surface area contributed by atoms with E-state index in [0.29, 0.717) is 17.5 Å². The Labute approximate surface area is 101 Å². The van der Waals surface area contributed by atoms with Crippen molar-refractivity contribution in [2.75, 3.05) is 6.61 Å². The molecule has 78 valence electrons. The normalized spacial score (nSPS) is 16.9. The van der Waals surface area contributed by atoms with Crippen molar-refractivity contribution in [2.24, 2.45) is 5.41 Å². The highest BCUT2D eigenvalue weighted by molar-refractivity contribution is 9.10. The lowest BCUT2D eigenvalue weighted by Crippen LogP contribution is -2.11. The van der Waals surface area contributed by atoms with Crippen LogP contribution in [0.15, 0.2) is 16.7 Å². The van der Waals surface area contributed by atoms with Crippen LogP contribution in [0, 0.1) is 16.7 Å². The highest BCUT2D eigenvalue weighted by Gasteiger charge is 2.44. The van der Waals surface area contributed by atoms with Gasteiger partial charge in [-0.2, -0.15) is 5.26 Å². The Hall–Kier alpha value is -0.790. The van der Waals surface area contributed by atoms with E-state index in [1.54, 1.807) is 12.3 Å². The molecule has 0 unspecified atom stereocenters. The molecule has 0 spiro atoms. The lowest BCUT2D eigenvalue weighted by molar-refractivity contribution is 0.259. The molecule has 0 aromatic carbocycles. The molecule has 3 nitrogen and oxygen atoms in total. The van der Waals surface area contributed by atoms with Crippen LogP contribution in [-0.4, -0.2) is 11.6 Å². The van der Waals surface area contributed by atoms with Crippen molar-refractivity contribution in [1.29, 1.82) is 5.26 Å². The molecular formula is C10H8BrClN2O. The second kappa shape index (κ2) is 3.99.